The Morgan fingerprint density at radius 1 is 1.39 bits per heavy atom. The number of hydrogen-bond acceptors (Lipinski definition) is 4. The van der Waals surface area contributed by atoms with Gasteiger partial charge in [-0.25, -0.2) is 4.79 Å². The van der Waals surface area contributed by atoms with E-state index in [9.17, 15) is 14.7 Å². The summed E-state index contributed by atoms with van der Waals surface area (Å²) >= 11 is 1.96. The van der Waals surface area contributed by atoms with Gasteiger partial charge in [0, 0.05) is 23.8 Å². The van der Waals surface area contributed by atoms with E-state index in [0.29, 0.717) is 28.2 Å². The second kappa shape index (κ2) is 7.04. The Bertz CT molecular complexity index is 629. The summed E-state index contributed by atoms with van der Waals surface area (Å²) in [6.45, 7) is 4.57. The van der Waals surface area contributed by atoms with Crippen molar-refractivity contribution >= 4 is 40.2 Å². The molecular weight excluding hydrogens is 413 g/mol. The molecule has 0 saturated heterocycles. The summed E-state index contributed by atoms with van der Waals surface area (Å²) in [5, 5.41) is 9.30. The minimum atomic E-state index is -1.02. The Morgan fingerprint density at radius 2 is 2.09 bits per heavy atom. The highest BCUT2D eigenvalue weighted by Gasteiger charge is 2.41. The third kappa shape index (κ3) is 3.77. The van der Waals surface area contributed by atoms with Crippen LogP contribution in [-0.2, 0) is 9.53 Å². The van der Waals surface area contributed by atoms with Gasteiger partial charge in [-0.3, -0.25) is 4.79 Å². The molecule has 1 aromatic carbocycles. The molecule has 0 saturated carbocycles. The van der Waals surface area contributed by atoms with Crippen LogP contribution in [0.5, 0.6) is 5.75 Å². The van der Waals surface area contributed by atoms with Crippen LogP contribution in [0.2, 0.25) is 0 Å². The van der Waals surface area contributed by atoms with Gasteiger partial charge in [-0.1, -0.05) is 0 Å². The minimum Gasteiger partial charge on any atom is -0.478 e. The summed E-state index contributed by atoms with van der Waals surface area (Å²) in [4.78, 5) is 25.6. The lowest BCUT2D eigenvalue weighted by molar-refractivity contribution is -0.132. The van der Waals surface area contributed by atoms with Crippen LogP contribution in [0.1, 0.15) is 37.0 Å². The monoisotopic (exact) mass is 433 g/mol. The maximum Gasteiger partial charge on any atom is 0.336 e. The van der Waals surface area contributed by atoms with Gasteiger partial charge in [0.05, 0.1) is 11.3 Å². The highest BCUT2D eigenvalue weighted by atomic mass is 127. The molecule has 126 valence electrons. The largest absolute Gasteiger partial charge is 0.478 e. The number of unbranched alkanes of at least 4 members (excludes halogenated alkanes) is 1. The van der Waals surface area contributed by atoms with Gasteiger partial charge in [0.1, 0.15) is 5.75 Å². The predicted molar refractivity (Wildman–Crippen MR) is 94.3 cm³/mol. The first kappa shape index (κ1) is 18.0. The number of carbonyl (C=O) groups is 2. The molecule has 0 aromatic heterocycles. The van der Waals surface area contributed by atoms with Crippen molar-refractivity contribution in [2.24, 2.45) is 0 Å². The molecule has 0 fully saturated rings. The SMILES string of the molecule is COCCCCN1C(=O)C(C)(C)Oc2cc(I)c(C(=O)O)cc21. The summed E-state index contributed by atoms with van der Waals surface area (Å²) in [5.41, 5.74) is -0.283. The molecule has 1 N–H and O–H groups in total. The quantitative estimate of drug-likeness (QED) is 0.552. The molecule has 7 heteroatoms. The number of anilines is 1. The number of carboxylic acid groups (broad SMARTS) is 1. The standard InChI is InChI=1S/C16H20INO5/c1-16(2)15(21)18(6-4-5-7-22-3)12-8-10(14(19)20)11(17)9-13(12)23-16/h8-9H,4-7H2,1-3H3,(H,19,20). The van der Waals surface area contributed by atoms with E-state index in [1.54, 1.807) is 31.9 Å². The lowest BCUT2D eigenvalue weighted by atomic mass is 10.0. The topological polar surface area (TPSA) is 76.1 Å². The van der Waals surface area contributed by atoms with Gasteiger partial charge in [0.15, 0.2) is 5.60 Å². The second-order valence-electron chi connectivity index (χ2n) is 5.87. The molecule has 0 bridgehead atoms. The van der Waals surface area contributed by atoms with Gasteiger partial charge in [0.25, 0.3) is 5.91 Å². The Hall–Kier alpha value is -1.35. The number of benzene rings is 1. The van der Waals surface area contributed by atoms with Crippen molar-refractivity contribution in [3.05, 3.63) is 21.3 Å². The maximum atomic E-state index is 12.7. The average molecular weight is 433 g/mol. The van der Waals surface area contributed by atoms with Crippen molar-refractivity contribution in [2.45, 2.75) is 32.3 Å². The molecule has 0 aliphatic carbocycles. The van der Waals surface area contributed by atoms with E-state index in [-0.39, 0.29) is 11.5 Å². The molecule has 23 heavy (non-hydrogen) atoms. The number of amides is 1. The number of hydrogen-bond donors (Lipinski definition) is 1. The van der Waals surface area contributed by atoms with Crippen molar-refractivity contribution in [2.75, 3.05) is 25.2 Å². The molecule has 0 radical (unpaired) electrons. The summed E-state index contributed by atoms with van der Waals surface area (Å²) < 4.78 is 11.4. The van der Waals surface area contributed by atoms with Crippen LogP contribution in [0.3, 0.4) is 0 Å². The van der Waals surface area contributed by atoms with Crippen LogP contribution in [0.25, 0.3) is 0 Å². The van der Waals surface area contributed by atoms with E-state index in [2.05, 4.69) is 0 Å². The van der Waals surface area contributed by atoms with E-state index in [1.165, 1.54) is 6.07 Å². The summed E-state index contributed by atoms with van der Waals surface area (Å²) in [7, 11) is 1.64. The molecule has 6 nitrogen and oxygen atoms in total. The van der Waals surface area contributed by atoms with Gasteiger partial charge in [0.2, 0.25) is 0 Å². The smallest absolute Gasteiger partial charge is 0.336 e. The van der Waals surface area contributed by atoms with Gasteiger partial charge < -0.3 is 19.5 Å². The fraction of sp³-hybridized carbons (Fsp3) is 0.500. The molecule has 1 aliphatic heterocycles. The van der Waals surface area contributed by atoms with Crippen molar-refractivity contribution in [3.63, 3.8) is 0 Å². The maximum absolute atomic E-state index is 12.7. The molecule has 0 spiro atoms. The highest BCUT2D eigenvalue weighted by molar-refractivity contribution is 14.1. The molecule has 0 unspecified atom stereocenters. The highest BCUT2D eigenvalue weighted by Crippen LogP contribution is 2.40. The van der Waals surface area contributed by atoms with E-state index in [4.69, 9.17) is 9.47 Å². The van der Waals surface area contributed by atoms with Crippen LogP contribution in [-0.4, -0.2) is 42.8 Å². The molecular formula is C16H20INO5. The van der Waals surface area contributed by atoms with Crippen molar-refractivity contribution in [1.82, 2.24) is 0 Å². The Kier molecular flexibility index (Phi) is 5.51. The Morgan fingerprint density at radius 3 is 2.70 bits per heavy atom. The zero-order valence-electron chi connectivity index (χ0n) is 13.4. The summed E-state index contributed by atoms with van der Waals surface area (Å²) in [6.07, 6.45) is 1.59. The number of rotatable bonds is 6. The first-order chi connectivity index (χ1) is 10.8. The van der Waals surface area contributed by atoms with E-state index in [1.807, 2.05) is 22.6 Å². The Labute approximate surface area is 148 Å². The zero-order chi connectivity index (χ0) is 17.2. The lowest BCUT2D eigenvalue weighted by Gasteiger charge is -2.39. The van der Waals surface area contributed by atoms with Crippen LogP contribution < -0.4 is 9.64 Å². The number of carboxylic acids is 1. The van der Waals surface area contributed by atoms with Crippen molar-refractivity contribution in [3.8, 4) is 5.75 Å². The molecule has 1 amide bonds. The molecule has 1 aromatic rings. The Balaban J connectivity index is 2.39. The van der Waals surface area contributed by atoms with Gasteiger partial charge in [-0.15, -0.1) is 0 Å². The third-order valence-corrected chi connectivity index (χ3v) is 4.57. The first-order valence-electron chi connectivity index (χ1n) is 7.34. The number of methoxy groups -OCH3 is 1. The van der Waals surface area contributed by atoms with Gasteiger partial charge >= 0.3 is 5.97 Å². The van der Waals surface area contributed by atoms with Crippen LogP contribution >= 0.6 is 22.6 Å². The summed E-state index contributed by atoms with van der Waals surface area (Å²) in [6, 6.07) is 3.19. The normalized spacial score (nSPS) is 16.0. The van der Waals surface area contributed by atoms with E-state index < -0.39 is 11.6 Å². The number of carbonyl (C=O) groups excluding carboxylic acids is 1. The van der Waals surface area contributed by atoms with Gasteiger partial charge in [-0.05, 0) is 61.4 Å². The van der Waals surface area contributed by atoms with Crippen molar-refractivity contribution in [1.29, 1.82) is 0 Å². The average Bonchev–Trinajstić information content (AvgIpc) is 2.46. The third-order valence-electron chi connectivity index (χ3n) is 3.68. The van der Waals surface area contributed by atoms with Crippen LogP contribution in [0.4, 0.5) is 5.69 Å². The lowest BCUT2D eigenvalue weighted by Crippen LogP contribution is -2.52. The first-order valence-corrected chi connectivity index (χ1v) is 8.42. The van der Waals surface area contributed by atoms with Crippen LogP contribution in [0, 0.1) is 3.57 Å². The number of ether oxygens (including phenoxy) is 2. The number of aromatic carboxylic acids is 1. The molecule has 1 aliphatic rings. The van der Waals surface area contributed by atoms with E-state index >= 15 is 0 Å². The fourth-order valence-electron chi connectivity index (χ4n) is 2.49. The molecule has 1 heterocycles. The number of nitrogens with zero attached hydrogens (tertiary/aromatic N) is 1. The zero-order valence-corrected chi connectivity index (χ0v) is 15.5. The molecule has 0 atom stereocenters. The van der Waals surface area contributed by atoms with E-state index in [0.717, 1.165) is 12.8 Å². The van der Waals surface area contributed by atoms with Crippen LogP contribution in [0.15, 0.2) is 12.1 Å². The van der Waals surface area contributed by atoms with Gasteiger partial charge in [-0.2, -0.15) is 0 Å². The summed E-state index contributed by atoms with van der Waals surface area (Å²) in [5.74, 6) is -0.649. The predicted octanol–water partition coefficient (Wildman–Crippen LogP) is 2.92. The molecule has 2 rings (SSSR count). The minimum absolute atomic E-state index is 0.167. The second-order valence-corrected chi connectivity index (χ2v) is 7.04. The number of halogens is 1. The fourth-order valence-corrected chi connectivity index (χ4v) is 3.16. The van der Waals surface area contributed by atoms with Crippen molar-refractivity contribution < 1.29 is 24.2 Å². The number of fused-ring (bicyclic) bond motifs is 1.